The van der Waals surface area contributed by atoms with Gasteiger partial charge in [0.15, 0.2) is 0 Å². The molecule has 0 aromatic heterocycles. The predicted octanol–water partition coefficient (Wildman–Crippen LogP) is 2.47. The van der Waals surface area contributed by atoms with Crippen molar-refractivity contribution in [2.45, 2.75) is 51.7 Å². The monoisotopic (exact) mass is 287 g/mol. The van der Waals surface area contributed by atoms with Crippen LogP contribution in [-0.2, 0) is 0 Å². The zero-order valence-corrected chi connectivity index (χ0v) is 13.7. The lowest BCUT2D eigenvalue weighted by atomic mass is 9.92. The van der Waals surface area contributed by atoms with Crippen LogP contribution >= 0.6 is 0 Å². The standard InChI is InChI=1S/C18H29N3/c1-13-6-4-7-14(2)18(13)17(10-19)21-12-16-8-5-9-20(16)11-15(21)3/h4,6-7,15-17H,5,8-12,19H2,1-3H3. The molecule has 2 aliphatic heterocycles. The Balaban J connectivity index is 1.89. The van der Waals surface area contributed by atoms with Crippen molar-refractivity contribution in [3.8, 4) is 0 Å². The summed E-state index contributed by atoms with van der Waals surface area (Å²) < 4.78 is 0. The normalized spacial score (nSPS) is 28.6. The van der Waals surface area contributed by atoms with Gasteiger partial charge in [-0.15, -0.1) is 0 Å². The third-order valence-electron chi connectivity index (χ3n) is 5.48. The Morgan fingerprint density at radius 2 is 1.95 bits per heavy atom. The van der Waals surface area contributed by atoms with E-state index >= 15 is 0 Å². The van der Waals surface area contributed by atoms with Crippen molar-refractivity contribution in [1.29, 1.82) is 0 Å². The van der Waals surface area contributed by atoms with Gasteiger partial charge in [-0.25, -0.2) is 0 Å². The summed E-state index contributed by atoms with van der Waals surface area (Å²) in [6.45, 7) is 11.2. The Morgan fingerprint density at radius 3 is 2.62 bits per heavy atom. The highest BCUT2D eigenvalue weighted by molar-refractivity contribution is 5.36. The van der Waals surface area contributed by atoms with Crippen LogP contribution in [-0.4, -0.2) is 48.1 Å². The maximum Gasteiger partial charge on any atom is 0.0479 e. The molecule has 0 saturated carbocycles. The number of nitrogens with two attached hydrogens (primary N) is 1. The van der Waals surface area contributed by atoms with E-state index in [0.717, 1.165) is 6.04 Å². The van der Waals surface area contributed by atoms with Crippen LogP contribution in [0.2, 0.25) is 0 Å². The number of aryl methyl sites for hydroxylation is 2. The van der Waals surface area contributed by atoms with Gasteiger partial charge < -0.3 is 5.73 Å². The topological polar surface area (TPSA) is 32.5 Å². The van der Waals surface area contributed by atoms with Crippen LogP contribution in [0.1, 0.15) is 42.5 Å². The van der Waals surface area contributed by atoms with E-state index in [0.29, 0.717) is 18.6 Å². The van der Waals surface area contributed by atoms with Crippen molar-refractivity contribution in [3.63, 3.8) is 0 Å². The Morgan fingerprint density at radius 1 is 1.24 bits per heavy atom. The number of fused-ring (bicyclic) bond motifs is 1. The van der Waals surface area contributed by atoms with E-state index in [1.807, 2.05) is 0 Å². The second-order valence-corrected chi connectivity index (χ2v) is 6.89. The maximum atomic E-state index is 6.22. The molecule has 3 atom stereocenters. The first-order valence-corrected chi connectivity index (χ1v) is 8.37. The lowest BCUT2D eigenvalue weighted by Gasteiger charge is -2.46. The Hall–Kier alpha value is -0.900. The predicted molar refractivity (Wildman–Crippen MR) is 88.5 cm³/mol. The van der Waals surface area contributed by atoms with Crippen LogP contribution in [0.15, 0.2) is 18.2 Å². The molecule has 1 aromatic rings. The molecule has 2 saturated heterocycles. The van der Waals surface area contributed by atoms with Gasteiger partial charge in [0.05, 0.1) is 0 Å². The fourth-order valence-corrected chi connectivity index (χ4v) is 4.42. The van der Waals surface area contributed by atoms with E-state index in [1.165, 1.54) is 49.2 Å². The van der Waals surface area contributed by atoms with Crippen LogP contribution in [0.5, 0.6) is 0 Å². The van der Waals surface area contributed by atoms with Crippen LogP contribution in [0.3, 0.4) is 0 Å². The van der Waals surface area contributed by atoms with E-state index in [1.54, 1.807) is 0 Å². The van der Waals surface area contributed by atoms with Crippen LogP contribution in [0.4, 0.5) is 0 Å². The summed E-state index contributed by atoms with van der Waals surface area (Å²) in [6.07, 6.45) is 2.72. The average molecular weight is 287 g/mol. The SMILES string of the molecule is Cc1cccc(C)c1C(CN)N1CC2CCCN2CC1C. The summed E-state index contributed by atoms with van der Waals surface area (Å²) in [5.74, 6) is 0. The van der Waals surface area contributed by atoms with Crippen molar-refractivity contribution in [3.05, 3.63) is 34.9 Å². The molecule has 3 heteroatoms. The van der Waals surface area contributed by atoms with Crippen molar-refractivity contribution >= 4 is 0 Å². The van der Waals surface area contributed by atoms with Gasteiger partial charge in [0.25, 0.3) is 0 Å². The second kappa shape index (κ2) is 6.07. The molecule has 2 aliphatic rings. The molecular weight excluding hydrogens is 258 g/mol. The molecule has 3 nitrogen and oxygen atoms in total. The fourth-order valence-electron chi connectivity index (χ4n) is 4.42. The molecule has 2 heterocycles. The highest BCUT2D eigenvalue weighted by atomic mass is 15.3. The van der Waals surface area contributed by atoms with Gasteiger partial charge in [0.1, 0.15) is 0 Å². The van der Waals surface area contributed by atoms with Gasteiger partial charge in [-0.05, 0) is 56.8 Å². The summed E-state index contributed by atoms with van der Waals surface area (Å²) >= 11 is 0. The van der Waals surface area contributed by atoms with Crippen molar-refractivity contribution in [2.24, 2.45) is 5.73 Å². The van der Waals surface area contributed by atoms with Gasteiger partial charge in [0.2, 0.25) is 0 Å². The smallest absolute Gasteiger partial charge is 0.0479 e. The van der Waals surface area contributed by atoms with Crippen LogP contribution in [0.25, 0.3) is 0 Å². The first-order valence-electron chi connectivity index (χ1n) is 8.37. The summed E-state index contributed by atoms with van der Waals surface area (Å²) in [7, 11) is 0. The van der Waals surface area contributed by atoms with E-state index < -0.39 is 0 Å². The summed E-state index contributed by atoms with van der Waals surface area (Å²) in [4.78, 5) is 5.35. The average Bonchev–Trinajstić information content (AvgIpc) is 2.89. The maximum absolute atomic E-state index is 6.22. The molecule has 0 bridgehead atoms. The van der Waals surface area contributed by atoms with E-state index in [2.05, 4.69) is 48.8 Å². The number of hydrogen-bond donors (Lipinski definition) is 1. The van der Waals surface area contributed by atoms with E-state index in [4.69, 9.17) is 5.73 Å². The van der Waals surface area contributed by atoms with E-state index in [9.17, 15) is 0 Å². The van der Waals surface area contributed by atoms with Crippen molar-refractivity contribution in [1.82, 2.24) is 9.80 Å². The molecule has 3 unspecified atom stereocenters. The van der Waals surface area contributed by atoms with Gasteiger partial charge in [0, 0.05) is 37.8 Å². The molecule has 1 aromatic carbocycles. The lowest BCUT2D eigenvalue weighted by molar-refractivity contribution is 0.0293. The molecule has 116 valence electrons. The van der Waals surface area contributed by atoms with Crippen molar-refractivity contribution < 1.29 is 0 Å². The van der Waals surface area contributed by atoms with Gasteiger partial charge >= 0.3 is 0 Å². The summed E-state index contributed by atoms with van der Waals surface area (Å²) in [6, 6.07) is 8.30. The molecule has 0 amide bonds. The lowest BCUT2D eigenvalue weighted by Crippen LogP contribution is -2.56. The molecule has 0 aliphatic carbocycles. The van der Waals surface area contributed by atoms with Gasteiger partial charge in [-0.2, -0.15) is 0 Å². The molecule has 3 rings (SSSR count). The molecule has 0 radical (unpaired) electrons. The van der Waals surface area contributed by atoms with Crippen molar-refractivity contribution in [2.75, 3.05) is 26.2 Å². The zero-order chi connectivity index (χ0) is 15.0. The Kier molecular flexibility index (Phi) is 4.34. The Labute approximate surface area is 129 Å². The van der Waals surface area contributed by atoms with Crippen LogP contribution < -0.4 is 5.73 Å². The molecule has 2 fully saturated rings. The number of hydrogen-bond acceptors (Lipinski definition) is 3. The minimum Gasteiger partial charge on any atom is -0.329 e. The first kappa shape index (κ1) is 15.0. The number of rotatable bonds is 3. The van der Waals surface area contributed by atoms with Gasteiger partial charge in [-0.1, -0.05) is 18.2 Å². The zero-order valence-electron chi connectivity index (χ0n) is 13.7. The minimum absolute atomic E-state index is 0.365. The molecule has 21 heavy (non-hydrogen) atoms. The third-order valence-corrected chi connectivity index (χ3v) is 5.48. The number of piperazine rings is 1. The first-order chi connectivity index (χ1) is 10.1. The highest BCUT2D eigenvalue weighted by Gasteiger charge is 2.37. The van der Waals surface area contributed by atoms with E-state index in [-0.39, 0.29) is 0 Å². The minimum atomic E-state index is 0.365. The number of nitrogens with zero attached hydrogens (tertiary/aromatic N) is 2. The Bertz CT molecular complexity index is 479. The number of benzene rings is 1. The molecule has 0 spiro atoms. The van der Waals surface area contributed by atoms with Gasteiger partial charge in [-0.3, -0.25) is 9.80 Å². The summed E-state index contributed by atoms with van der Waals surface area (Å²) in [5.41, 5.74) is 10.4. The highest BCUT2D eigenvalue weighted by Crippen LogP contribution is 2.33. The summed E-state index contributed by atoms with van der Waals surface area (Å²) in [5, 5.41) is 0. The second-order valence-electron chi connectivity index (χ2n) is 6.89. The quantitative estimate of drug-likeness (QED) is 0.927. The largest absolute Gasteiger partial charge is 0.329 e. The molecule has 2 N–H and O–H groups in total. The third kappa shape index (κ3) is 2.75. The van der Waals surface area contributed by atoms with Crippen LogP contribution in [0, 0.1) is 13.8 Å². The molecular formula is C18H29N3. The fraction of sp³-hybridized carbons (Fsp3) is 0.667.